The summed E-state index contributed by atoms with van der Waals surface area (Å²) in [4.78, 5) is 11.3. The molecule has 0 amide bonds. The number of methoxy groups -OCH3 is 1. The van der Waals surface area contributed by atoms with E-state index in [1.165, 1.54) is 89.8 Å². The van der Waals surface area contributed by atoms with E-state index < -0.39 is 0 Å². The van der Waals surface area contributed by atoms with E-state index in [2.05, 4.69) is 0 Å². The zero-order chi connectivity index (χ0) is 15.6. The van der Waals surface area contributed by atoms with Crippen LogP contribution in [0.15, 0.2) is 0 Å². The third kappa shape index (κ3) is 6.40. The maximum absolute atomic E-state index is 11.3. The van der Waals surface area contributed by atoms with Crippen LogP contribution in [0.4, 0.5) is 0 Å². The van der Waals surface area contributed by atoms with Gasteiger partial charge < -0.3 is 9.53 Å². The largest absolute Gasteiger partial charge is 0.381 e. The lowest BCUT2D eigenvalue weighted by atomic mass is 9.81. The molecule has 2 aliphatic carbocycles. The van der Waals surface area contributed by atoms with Crippen LogP contribution in [-0.4, -0.2) is 19.5 Å². The fourth-order valence-electron chi connectivity index (χ4n) is 4.59. The van der Waals surface area contributed by atoms with Gasteiger partial charge in [-0.25, -0.2) is 0 Å². The van der Waals surface area contributed by atoms with E-state index >= 15 is 0 Å². The number of unbranched alkanes of at least 4 members (excludes halogenated alkanes) is 1. The van der Waals surface area contributed by atoms with Crippen molar-refractivity contribution in [3.63, 3.8) is 0 Å². The molecule has 0 aliphatic heterocycles. The molecule has 0 saturated heterocycles. The first kappa shape index (κ1) is 18.0. The monoisotopic (exact) mass is 308 g/mol. The van der Waals surface area contributed by atoms with Crippen molar-refractivity contribution in [3.05, 3.63) is 0 Å². The molecule has 2 rings (SSSR count). The zero-order valence-electron chi connectivity index (χ0n) is 14.6. The summed E-state index contributed by atoms with van der Waals surface area (Å²) in [7, 11) is 1.84. The van der Waals surface area contributed by atoms with E-state index in [-0.39, 0.29) is 0 Å². The number of hydrogen-bond acceptors (Lipinski definition) is 2. The van der Waals surface area contributed by atoms with Crippen LogP contribution in [0.25, 0.3) is 0 Å². The van der Waals surface area contributed by atoms with Crippen molar-refractivity contribution in [1.82, 2.24) is 0 Å². The lowest BCUT2D eigenvalue weighted by molar-refractivity contribution is -0.111. The molecule has 0 bridgehead atoms. The van der Waals surface area contributed by atoms with E-state index in [0.29, 0.717) is 12.0 Å². The molecule has 0 heterocycles. The van der Waals surface area contributed by atoms with Crippen LogP contribution < -0.4 is 0 Å². The second-order valence-corrected chi connectivity index (χ2v) is 7.80. The summed E-state index contributed by atoms with van der Waals surface area (Å²) >= 11 is 0. The van der Waals surface area contributed by atoms with Crippen LogP contribution in [0, 0.1) is 17.8 Å². The summed E-state index contributed by atoms with van der Waals surface area (Å²) in [5.74, 6) is 2.10. The SMILES string of the molecule is CO[C@H]1CC[C@H](CCCCC(C=O)CC2CCCCC2)CC1. The van der Waals surface area contributed by atoms with Crippen LogP contribution >= 0.6 is 0 Å². The van der Waals surface area contributed by atoms with Crippen molar-refractivity contribution in [2.75, 3.05) is 7.11 Å². The van der Waals surface area contributed by atoms with Gasteiger partial charge in [-0.15, -0.1) is 0 Å². The van der Waals surface area contributed by atoms with Crippen LogP contribution in [-0.2, 0) is 9.53 Å². The molecular formula is C20H36O2. The van der Waals surface area contributed by atoms with Gasteiger partial charge in [0.15, 0.2) is 0 Å². The van der Waals surface area contributed by atoms with E-state index in [0.717, 1.165) is 18.3 Å². The number of carbonyl (C=O) groups is 1. The minimum absolute atomic E-state index is 0.340. The fourth-order valence-corrected chi connectivity index (χ4v) is 4.59. The number of ether oxygens (including phenoxy) is 1. The summed E-state index contributed by atoms with van der Waals surface area (Å²) in [5.41, 5.74) is 0. The summed E-state index contributed by atoms with van der Waals surface area (Å²) in [6.07, 6.45) is 20.1. The minimum Gasteiger partial charge on any atom is -0.381 e. The molecule has 0 aromatic carbocycles. The molecule has 2 saturated carbocycles. The smallest absolute Gasteiger partial charge is 0.123 e. The van der Waals surface area contributed by atoms with Gasteiger partial charge in [-0.3, -0.25) is 0 Å². The number of aldehydes is 1. The van der Waals surface area contributed by atoms with Crippen molar-refractivity contribution in [1.29, 1.82) is 0 Å². The summed E-state index contributed by atoms with van der Waals surface area (Å²) in [6.45, 7) is 0. The Morgan fingerprint density at radius 2 is 1.68 bits per heavy atom. The molecule has 1 atom stereocenters. The predicted octanol–water partition coefficient (Wildman–Crippen LogP) is 5.54. The molecule has 0 radical (unpaired) electrons. The topological polar surface area (TPSA) is 26.3 Å². The van der Waals surface area contributed by atoms with Crippen molar-refractivity contribution >= 4 is 6.29 Å². The highest BCUT2D eigenvalue weighted by molar-refractivity contribution is 5.53. The van der Waals surface area contributed by atoms with Gasteiger partial charge in [-0.2, -0.15) is 0 Å². The van der Waals surface area contributed by atoms with Crippen molar-refractivity contribution in [2.24, 2.45) is 17.8 Å². The van der Waals surface area contributed by atoms with E-state index in [9.17, 15) is 4.79 Å². The first-order valence-electron chi connectivity index (χ1n) is 9.80. The molecule has 2 heteroatoms. The third-order valence-corrected chi connectivity index (χ3v) is 6.12. The molecule has 0 N–H and O–H groups in total. The normalized spacial score (nSPS) is 28.4. The Bertz CT molecular complexity index is 288. The molecule has 128 valence electrons. The van der Waals surface area contributed by atoms with Crippen LogP contribution in [0.1, 0.15) is 89.9 Å². The van der Waals surface area contributed by atoms with Gasteiger partial charge in [0.2, 0.25) is 0 Å². The number of carbonyl (C=O) groups excluding carboxylic acids is 1. The summed E-state index contributed by atoms with van der Waals surface area (Å²) in [6, 6.07) is 0. The van der Waals surface area contributed by atoms with Gasteiger partial charge in [-0.05, 0) is 50.4 Å². The maximum Gasteiger partial charge on any atom is 0.123 e. The van der Waals surface area contributed by atoms with Gasteiger partial charge in [0.1, 0.15) is 6.29 Å². The van der Waals surface area contributed by atoms with Crippen LogP contribution in [0.5, 0.6) is 0 Å². The van der Waals surface area contributed by atoms with Gasteiger partial charge in [0.25, 0.3) is 0 Å². The first-order valence-corrected chi connectivity index (χ1v) is 9.80. The highest BCUT2D eigenvalue weighted by atomic mass is 16.5. The van der Waals surface area contributed by atoms with E-state index in [1.54, 1.807) is 0 Å². The number of hydrogen-bond donors (Lipinski definition) is 0. The third-order valence-electron chi connectivity index (χ3n) is 6.12. The molecule has 0 spiro atoms. The maximum atomic E-state index is 11.3. The summed E-state index contributed by atoms with van der Waals surface area (Å²) in [5, 5.41) is 0. The molecular weight excluding hydrogens is 272 g/mol. The van der Waals surface area contributed by atoms with Crippen LogP contribution in [0.3, 0.4) is 0 Å². The Balaban J connectivity index is 1.53. The summed E-state index contributed by atoms with van der Waals surface area (Å²) < 4.78 is 5.44. The molecule has 2 nitrogen and oxygen atoms in total. The van der Waals surface area contributed by atoms with Gasteiger partial charge in [0, 0.05) is 13.0 Å². The fraction of sp³-hybridized carbons (Fsp3) is 0.950. The number of rotatable bonds is 9. The molecule has 2 fully saturated rings. The van der Waals surface area contributed by atoms with Gasteiger partial charge in [-0.1, -0.05) is 51.4 Å². The van der Waals surface area contributed by atoms with Crippen LogP contribution in [0.2, 0.25) is 0 Å². The highest BCUT2D eigenvalue weighted by Crippen LogP contribution is 2.32. The Kier molecular flexibility index (Phi) is 8.51. The minimum atomic E-state index is 0.340. The Hall–Kier alpha value is -0.370. The second kappa shape index (κ2) is 10.4. The molecule has 22 heavy (non-hydrogen) atoms. The second-order valence-electron chi connectivity index (χ2n) is 7.80. The Morgan fingerprint density at radius 1 is 0.955 bits per heavy atom. The van der Waals surface area contributed by atoms with Gasteiger partial charge in [0.05, 0.1) is 6.10 Å². The molecule has 0 aromatic rings. The van der Waals surface area contributed by atoms with E-state index in [4.69, 9.17) is 4.74 Å². The Morgan fingerprint density at radius 3 is 2.32 bits per heavy atom. The van der Waals surface area contributed by atoms with Crippen molar-refractivity contribution in [3.8, 4) is 0 Å². The van der Waals surface area contributed by atoms with Crippen molar-refractivity contribution < 1.29 is 9.53 Å². The van der Waals surface area contributed by atoms with Crippen molar-refractivity contribution in [2.45, 2.75) is 96.0 Å². The average Bonchev–Trinajstić information content (AvgIpc) is 2.59. The first-order chi connectivity index (χ1) is 10.8. The molecule has 1 unspecified atom stereocenters. The average molecular weight is 309 g/mol. The van der Waals surface area contributed by atoms with Gasteiger partial charge >= 0.3 is 0 Å². The molecule has 2 aliphatic rings. The predicted molar refractivity (Wildman–Crippen MR) is 92.0 cm³/mol. The highest BCUT2D eigenvalue weighted by Gasteiger charge is 2.21. The lowest BCUT2D eigenvalue weighted by Gasteiger charge is -2.27. The standard InChI is InChI=1S/C20H36O2/c1-22-20-13-11-17(12-14-20)7-5-6-10-19(16-21)15-18-8-3-2-4-9-18/h16-20H,2-15H2,1H3/t17-,19?,20-. The quantitative estimate of drug-likeness (QED) is 0.413. The molecule has 0 aromatic heterocycles. The zero-order valence-corrected chi connectivity index (χ0v) is 14.6. The lowest BCUT2D eigenvalue weighted by Crippen LogP contribution is -2.20. The Labute approximate surface area is 137 Å². The van der Waals surface area contributed by atoms with E-state index in [1.807, 2.05) is 7.11 Å².